The maximum Gasteiger partial charge on any atom is 0.282 e. The second-order valence-corrected chi connectivity index (χ2v) is 5.83. The highest BCUT2D eigenvalue weighted by atomic mass is 16.2. The van der Waals surface area contributed by atoms with Gasteiger partial charge in [-0.1, -0.05) is 43.0 Å². The minimum absolute atomic E-state index is 0.256. The van der Waals surface area contributed by atoms with E-state index in [0.29, 0.717) is 33.2 Å². The van der Waals surface area contributed by atoms with Crippen molar-refractivity contribution in [2.24, 2.45) is 5.10 Å². The Morgan fingerprint density at radius 3 is 2.04 bits per heavy atom. The van der Waals surface area contributed by atoms with E-state index in [1.54, 1.807) is 19.1 Å². The summed E-state index contributed by atoms with van der Waals surface area (Å²) in [6, 6.07) is 18.3. The van der Waals surface area contributed by atoms with Crippen LogP contribution in [-0.4, -0.2) is 10.5 Å². The highest BCUT2D eigenvalue weighted by Crippen LogP contribution is 2.20. The summed E-state index contributed by atoms with van der Waals surface area (Å²) in [5, 5.41) is 6.10. The molecule has 5 heteroatoms. The summed E-state index contributed by atoms with van der Waals surface area (Å²) in [5.41, 5.74) is 2.36. The third-order valence-corrected chi connectivity index (χ3v) is 4.34. The number of amides is 1. The minimum atomic E-state index is -0.270. The monoisotopic (exact) mass is 329 g/mol. The maximum absolute atomic E-state index is 13.0. The number of pyridine rings is 1. The number of rotatable bonds is 2. The van der Waals surface area contributed by atoms with E-state index in [-0.39, 0.29) is 11.5 Å². The van der Waals surface area contributed by atoms with E-state index in [9.17, 15) is 9.59 Å². The van der Waals surface area contributed by atoms with Crippen molar-refractivity contribution in [1.82, 2.24) is 4.57 Å². The van der Waals surface area contributed by atoms with Gasteiger partial charge in [0.1, 0.15) is 0 Å². The van der Waals surface area contributed by atoms with Gasteiger partial charge in [0.05, 0.1) is 16.9 Å². The summed E-state index contributed by atoms with van der Waals surface area (Å²) < 4.78 is 1.45. The number of aromatic nitrogens is 1. The molecule has 0 fully saturated rings. The number of hydrogen-bond acceptors (Lipinski definition) is 3. The first-order valence-electron chi connectivity index (χ1n) is 7.87. The van der Waals surface area contributed by atoms with Crippen LogP contribution in [0.2, 0.25) is 0 Å². The molecule has 0 aliphatic carbocycles. The number of anilines is 1. The molecule has 0 spiro atoms. The molecular weight excluding hydrogens is 314 g/mol. The third-order valence-electron chi connectivity index (χ3n) is 4.34. The fourth-order valence-corrected chi connectivity index (χ4v) is 2.98. The van der Waals surface area contributed by atoms with Gasteiger partial charge in [0.15, 0.2) is 5.49 Å². The molecule has 3 aromatic rings. The van der Waals surface area contributed by atoms with Crippen LogP contribution in [0.5, 0.6) is 0 Å². The van der Waals surface area contributed by atoms with Crippen molar-refractivity contribution in [2.75, 3.05) is 5.01 Å². The average Bonchev–Trinajstić information content (AvgIpc) is 2.99. The van der Waals surface area contributed by atoms with Crippen LogP contribution in [0.4, 0.5) is 5.69 Å². The smallest absolute Gasteiger partial charge is 0.268 e. The molecule has 5 nitrogen and oxygen atoms in total. The van der Waals surface area contributed by atoms with Crippen molar-refractivity contribution in [3.8, 4) is 5.69 Å². The summed E-state index contributed by atoms with van der Waals surface area (Å²) in [7, 11) is 0. The molecule has 0 bridgehead atoms. The molecule has 0 unspecified atom stereocenters. The number of hydrogen-bond donors (Lipinski definition) is 0. The zero-order valence-corrected chi connectivity index (χ0v) is 13.6. The first kappa shape index (κ1) is 15.1. The molecule has 1 aliphatic heterocycles. The second kappa shape index (κ2) is 5.56. The van der Waals surface area contributed by atoms with Gasteiger partial charge in [0.2, 0.25) is 0 Å². The SMILES string of the molecule is C=c1c(C)c2c(n(-c3ccccc3)c1=O)=NN(c1ccccc1)C2=O. The van der Waals surface area contributed by atoms with Crippen molar-refractivity contribution < 1.29 is 4.79 Å². The number of fused-ring (bicyclic) bond motifs is 1. The van der Waals surface area contributed by atoms with Crippen molar-refractivity contribution in [3.63, 3.8) is 0 Å². The summed E-state index contributed by atoms with van der Waals surface area (Å²) in [6.07, 6.45) is 0. The van der Waals surface area contributed by atoms with Crippen LogP contribution in [-0.2, 0) is 0 Å². The molecular formula is C20H15N3O2. The average molecular weight is 329 g/mol. The van der Waals surface area contributed by atoms with Crippen LogP contribution in [0.1, 0.15) is 15.9 Å². The first-order valence-corrected chi connectivity index (χ1v) is 7.87. The third kappa shape index (κ3) is 2.21. The molecule has 2 heterocycles. The van der Waals surface area contributed by atoms with Crippen LogP contribution in [0.3, 0.4) is 0 Å². The van der Waals surface area contributed by atoms with Crippen molar-refractivity contribution >= 4 is 18.2 Å². The van der Waals surface area contributed by atoms with Crippen LogP contribution < -0.4 is 21.3 Å². The molecule has 1 amide bonds. The molecule has 25 heavy (non-hydrogen) atoms. The topological polar surface area (TPSA) is 54.7 Å². The largest absolute Gasteiger partial charge is 0.282 e. The van der Waals surface area contributed by atoms with E-state index >= 15 is 0 Å². The van der Waals surface area contributed by atoms with Gasteiger partial charge in [0, 0.05) is 5.22 Å². The van der Waals surface area contributed by atoms with Gasteiger partial charge in [-0.05, 0) is 36.8 Å². The van der Waals surface area contributed by atoms with E-state index < -0.39 is 0 Å². The summed E-state index contributed by atoms with van der Waals surface area (Å²) in [6.45, 7) is 5.61. The molecule has 0 saturated heterocycles. The van der Waals surface area contributed by atoms with E-state index in [4.69, 9.17) is 0 Å². The number of benzene rings is 2. The Bertz CT molecular complexity index is 1150. The Balaban J connectivity index is 2.08. The van der Waals surface area contributed by atoms with E-state index in [2.05, 4.69) is 11.7 Å². The van der Waals surface area contributed by atoms with Gasteiger partial charge in [-0.15, -0.1) is 5.10 Å². The maximum atomic E-state index is 13.0. The Morgan fingerprint density at radius 2 is 1.44 bits per heavy atom. The zero-order valence-electron chi connectivity index (χ0n) is 13.6. The van der Waals surface area contributed by atoms with Crippen molar-refractivity contribution in [3.05, 3.63) is 92.9 Å². The van der Waals surface area contributed by atoms with Gasteiger partial charge < -0.3 is 0 Å². The fraction of sp³-hybridized carbons (Fsp3) is 0.0500. The quantitative estimate of drug-likeness (QED) is 0.719. The predicted octanol–water partition coefficient (Wildman–Crippen LogP) is 1.75. The Hall–Kier alpha value is -3.47. The Morgan fingerprint density at radius 1 is 0.880 bits per heavy atom. The van der Waals surface area contributed by atoms with Gasteiger partial charge in [0.25, 0.3) is 11.5 Å². The van der Waals surface area contributed by atoms with Crippen LogP contribution in [0.15, 0.2) is 70.6 Å². The van der Waals surface area contributed by atoms with Crippen LogP contribution in [0.25, 0.3) is 12.3 Å². The molecule has 0 N–H and O–H groups in total. The molecule has 122 valence electrons. The second-order valence-electron chi connectivity index (χ2n) is 5.83. The lowest BCUT2D eigenvalue weighted by atomic mass is 10.1. The molecule has 1 aromatic heterocycles. The molecule has 4 rings (SSSR count). The molecule has 0 radical (unpaired) electrons. The number of carbonyl (C=O) groups is 1. The minimum Gasteiger partial charge on any atom is -0.268 e. The van der Waals surface area contributed by atoms with Crippen LogP contribution >= 0.6 is 0 Å². The number of para-hydroxylation sites is 2. The number of carbonyl (C=O) groups excluding carboxylic acids is 1. The highest BCUT2D eigenvalue weighted by Gasteiger charge is 2.30. The molecule has 2 aromatic carbocycles. The van der Waals surface area contributed by atoms with Gasteiger partial charge in [-0.3, -0.25) is 14.2 Å². The lowest BCUT2D eigenvalue weighted by Crippen LogP contribution is -2.44. The van der Waals surface area contributed by atoms with Gasteiger partial charge in [-0.2, -0.15) is 5.01 Å². The highest BCUT2D eigenvalue weighted by molar-refractivity contribution is 6.08. The lowest BCUT2D eigenvalue weighted by molar-refractivity contribution is 0.0994. The summed E-state index contributed by atoms with van der Waals surface area (Å²) in [4.78, 5) is 25.8. The predicted molar refractivity (Wildman–Crippen MR) is 96.3 cm³/mol. The van der Waals surface area contributed by atoms with Crippen molar-refractivity contribution in [1.29, 1.82) is 0 Å². The summed E-state index contributed by atoms with van der Waals surface area (Å²) in [5.74, 6) is -0.256. The first-order chi connectivity index (χ1) is 12.1. The normalized spacial score (nSPS) is 12.8. The van der Waals surface area contributed by atoms with Crippen molar-refractivity contribution in [2.45, 2.75) is 6.92 Å². The standard InChI is InChI=1S/C20H15N3O2/c1-13-14(2)19(24)22(15-9-5-3-6-10-15)18-17(13)20(25)23(21-18)16-11-7-4-8-12-16/h3-12H,2H2,1H3. The zero-order chi connectivity index (χ0) is 17.6. The summed E-state index contributed by atoms with van der Waals surface area (Å²) >= 11 is 0. The molecule has 1 aliphatic rings. The van der Waals surface area contributed by atoms with Gasteiger partial charge >= 0.3 is 0 Å². The van der Waals surface area contributed by atoms with E-state index in [0.717, 1.165) is 0 Å². The number of nitrogens with zero attached hydrogens (tertiary/aromatic N) is 3. The van der Waals surface area contributed by atoms with E-state index in [1.807, 2.05) is 48.5 Å². The molecule has 0 atom stereocenters. The Kier molecular flexibility index (Phi) is 3.35. The fourth-order valence-electron chi connectivity index (χ4n) is 2.98. The van der Waals surface area contributed by atoms with Gasteiger partial charge in [-0.25, -0.2) is 0 Å². The van der Waals surface area contributed by atoms with Crippen LogP contribution in [0, 0.1) is 6.92 Å². The molecule has 0 saturated carbocycles. The lowest BCUT2D eigenvalue weighted by Gasteiger charge is -2.11. The Labute approximate surface area is 143 Å². The van der Waals surface area contributed by atoms with E-state index in [1.165, 1.54) is 9.58 Å².